The number of nitrogens with one attached hydrogen (secondary N) is 2. The number of H-pyrrole nitrogens is 2. The highest BCUT2D eigenvalue weighted by Crippen LogP contribution is 2.34. The first-order chi connectivity index (χ1) is 27.1. The van der Waals surface area contributed by atoms with Crippen LogP contribution in [0.15, 0.2) is 79.0 Å². The number of rotatable bonds is 3. The minimum absolute atomic E-state index is 0.0188. The number of hydrogen-bond donors (Lipinski definition) is 2. The van der Waals surface area contributed by atoms with Gasteiger partial charge >= 0.3 is 5.97 Å². The van der Waals surface area contributed by atoms with Crippen molar-refractivity contribution in [3.8, 4) is 0 Å². The molecule has 0 radical (unpaired) electrons. The van der Waals surface area contributed by atoms with Crippen LogP contribution in [0, 0.1) is 39.9 Å². The van der Waals surface area contributed by atoms with Gasteiger partial charge in [-0.05, 0) is 140 Å². The number of ether oxygens (including phenoxy) is 1. The van der Waals surface area contributed by atoms with E-state index in [9.17, 15) is 46.3 Å². The van der Waals surface area contributed by atoms with Gasteiger partial charge in [0.2, 0.25) is 0 Å². The summed E-state index contributed by atoms with van der Waals surface area (Å²) in [4.78, 5) is 74.6. The molecule has 9 nitrogen and oxygen atoms in total. The average molecular weight is 799 g/mol. The third-order valence-electron chi connectivity index (χ3n) is 10.2. The normalized spacial score (nSPS) is 18.2. The van der Waals surface area contributed by atoms with Gasteiger partial charge in [-0.2, -0.15) is 0 Å². The second-order valence-corrected chi connectivity index (χ2v) is 14.2. The van der Waals surface area contributed by atoms with Crippen LogP contribution in [-0.2, 0) is 40.0 Å². The van der Waals surface area contributed by atoms with Crippen molar-refractivity contribution in [3.05, 3.63) is 157 Å². The minimum atomic E-state index is -0.799. The number of hydrogen-bond acceptors (Lipinski definition) is 8. The van der Waals surface area contributed by atoms with Crippen LogP contribution in [-0.4, -0.2) is 52.0 Å². The molecule has 14 heteroatoms. The highest BCUT2D eigenvalue weighted by molar-refractivity contribution is 7.71. The zero-order valence-electron chi connectivity index (χ0n) is 30.6. The van der Waals surface area contributed by atoms with Gasteiger partial charge in [-0.3, -0.25) is 28.8 Å². The number of benzene rings is 4. The van der Waals surface area contributed by atoms with Gasteiger partial charge in [-0.15, -0.1) is 0 Å². The Kier molecular flexibility index (Phi) is 12.0. The molecule has 1 heterocycles. The fraction of sp³-hybridized carbons (Fsp3) is 0.233. The lowest BCUT2D eigenvalue weighted by atomic mass is 10.0. The van der Waals surface area contributed by atoms with E-state index in [1.54, 1.807) is 18.3 Å². The number of imidazole rings is 1. The first kappa shape index (κ1) is 40.5. The molecule has 4 aromatic carbocycles. The van der Waals surface area contributed by atoms with Gasteiger partial charge in [-0.1, -0.05) is 0 Å². The standard InChI is InChI=1S/C12H9FN2OS.C11H9FO3.C11H9FO2.C9H7FO/c13-7-1-2-8-6(3-7)4-9(11(8)16)10-5-14-12(17)15-10;1-15-11(14)9-5-6-4-7(12)2-3-8(6)10(9)13;1-6(13)10-5-7-4-8(12)2-3-9(7)11(10)14;10-7-2-3-8-6(5-7)1-4-9(8)11/h1-3,5,9H,4H2,(H2,14,15,17);2-4,9H,5H2,1H3;2-4,10H,5H2,1H3;2-3,5H,1,4H2. The Labute approximate surface area is 328 Å². The third kappa shape index (κ3) is 8.81. The number of ketones is 5. The predicted molar refractivity (Wildman–Crippen MR) is 201 cm³/mol. The summed E-state index contributed by atoms with van der Waals surface area (Å²) in [7, 11) is 1.24. The molecule has 0 amide bonds. The molecule has 4 aliphatic carbocycles. The Bertz CT molecular complexity index is 2530. The van der Waals surface area contributed by atoms with Crippen molar-refractivity contribution in [2.45, 2.75) is 44.9 Å². The number of halogens is 4. The molecular weight excluding hydrogens is 765 g/mol. The van der Waals surface area contributed by atoms with Crippen molar-refractivity contribution >= 4 is 47.1 Å². The highest BCUT2D eigenvalue weighted by atomic mass is 32.1. The molecule has 1 aromatic heterocycles. The molecule has 5 aromatic rings. The van der Waals surface area contributed by atoms with Gasteiger partial charge in [0.25, 0.3) is 0 Å². The second-order valence-electron chi connectivity index (χ2n) is 13.8. The number of fused-ring (bicyclic) bond motifs is 4. The molecule has 0 saturated heterocycles. The Morgan fingerprint density at radius 1 is 0.632 bits per heavy atom. The third-order valence-corrected chi connectivity index (χ3v) is 10.4. The number of carbonyl (C=O) groups is 6. The van der Waals surface area contributed by atoms with Crippen LogP contribution in [0.25, 0.3) is 0 Å². The molecule has 0 fully saturated rings. The second kappa shape index (κ2) is 16.9. The van der Waals surface area contributed by atoms with Crippen LogP contribution >= 0.6 is 12.2 Å². The number of methoxy groups -OCH3 is 1. The van der Waals surface area contributed by atoms with E-state index < -0.39 is 23.6 Å². The lowest BCUT2D eigenvalue weighted by Gasteiger charge is -2.03. The molecule has 3 unspecified atom stereocenters. The maximum absolute atomic E-state index is 13.1. The summed E-state index contributed by atoms with van der Waals surface area (Å²) in [6, 6.07) is 16.6. The van der Waals surface area contributed by atoms with E-state index in [2.05, 4.69) is 14.7 Å². The first-order valence-corrected chi connectivity index (χ1v) is 18.2. The molecule has 0 saturated carbocycles. The van der Waals surface area contributed by atoms with E-state index in [-0.39, 0.29) is 58.7 Å². The highest BCUT2D eigenvalue weighted by Gasteiger charge is 2.37. The number of aromatic amines is 2. The molecule has 57 heavy (non-hydrogen) atoms. The number of Topliss-reactive ketones (excluding diaryl/α,β-unsaturated/α-hetero) is 5. The fourth-order valence-corrected chi connectivity index (χ4v) is 7.46. The number of aryl methyl sites for hydroxylation is 1. The van der Waals surface area contributed by atoms with Gasteiger partial charge in [0.05, 0.1) is 18.9 Å². The molecule has 9 rings (SSSR count). The monoisotopic (exact) mass is 798 g/mol. The number of aromatic nitrogens is 2. The summed E-state index contributed by atoms with van der Waals surface area (Å²) in [5, 5.41) is 0. The summed E-state index contributed by atoms with van der Waals surface area (Å²) in [6.07, 6.45) is 4.05. The first-order valence-electron chi connectivity index (χ1n) is 17.8. The smallest absolute Gasteiger partial charge is 0.316 e. The molecule has 292 valence electrons. The quantitative estimate of drug-likeness (QED) is 0.0815. The predicted octanol–water partition coefficient (Wildman–Crippen LogP) is 7.81. The van der Waals surface area contributed by atoms with Crippen LogP contribution < -0.4 is 0 Å². The summed E-state index contributed by atoms with van der Waals surface area (Å²) in [6.45, 7) is 1.39. The lowest BCUT2D eigenvalue weighted by Crippen LogP contribution is -2.21. The van der Waals surface area contributed by atoms with Crippen LogP contribution in [0.2, 0.25) is 0 Å². The molecule has 0 bridgehead atoms. The van der Waals surface area contributed by atoms with Gasteiger partial charge in [0.1, 0.15) is 35.0 Å². The maximum atomic E-state index is 13.1. The van der Waals surface area contributed by atoms with Crippen LogP contribution in [0.3, 0.4) is 0 Å². The number of esters is 1. The Morgan fingerprint density at radius 3 is 1.58 bits per heavy atom. The van der Waals surface area contributed by atoms with Crippen molar-refractivity contribution in [1.29, 1.82) is 0 Å². The molecular formula is C43H34F4N2O7S. The largest absolute Gasteiger partial charge is 0.468 e. The van der Waals surface area contributed by atoms with Gasteiger partial charge in [-0.25, -0.2) is 17.6 Å². The van der Waals surface area contributed by atoms with E-state index in [1.165, 1.54) is 74.7 Å². The summed E-state index contributed by atoms with van der Waals surface area (Å²) in [5.41, 5.74) is 5.83. The lowest BCUT2D eigenvalue weighted by molar-refractivity contribution is -0.143. The van der Waals surface area contributed by atoms with Gasteiger partial charge in [0, 0.05) is 40.6 Å². The van der Waals surface area contributed by atoms with E-state index in [0.29, 0.717) is 63.8 Å². The van der Waals surface area contributed by atoms with E-state index in [4.69, 9.17) is 12.2 Å². The van der Waals surface area contributed by atoms with Crippen LogP contribution in [0.5, 0.6) is 0 Å². The van der Waals surface area contributed by atoms with Crippen LogP contribution in [0.1, 0.15) is 88.6 Å². The molecule has 4 aliphatic rings. The van der Waals surface area contributed by atoms with E-state index in [1.807, 2.05) is 0 Å². The van der Waals surface area contributed by atoms with Crippen LogP contribution in [0.4, 0.5) is 17.6 Å². The fourth-order valence-electron chi connectivity index (χ4n) is 7.29. The van der Waals surface area contributed by atoms with Crippen molar-refractivity contribution in [2.75, 3.05) is 7.11 Å². The van der Waals surface area contributed by atoms with Gasteiger partial charge in [0.15, 0.2) is 27.9 Å². The van der Waals surface area contributed by atoms with Crippen molar-refractivity contribution in [2.24, 2.45) is 11.8 Å². The Balaban J connectivity index is 0.000000130. The van der Waals surface area contributed by atoms with E-state index >= 15 is 0 Å². The molecule has 0 spiro atoms. The zero-order chi connectivity index (χ0) is 41.1. The SMILES string of the molecule is CC(=O)C1Cc2cc(F)ccc2C1=O.COC(=O)C1Cc2cc(F)ccc2C1=O.O=C1CCc2cc(F)ccc21.O=C1c2ccc(F)cc2CC1c1c[nH]c(=S)[nH]1. The van der Waals surface area contributed by atoms with Gasteiger partial charge < -0.3 is 14.7 Å². The summed E-state index contributed by atoms with van der Waals surface area (Å²) in [5.74, 6) is -3.98. The zero-order valence-corrected chi connectivity index (χ0v) is 31.4. The topological polar surface area (TPSA) is 143 Å². The van der Waals surface area contributed by atoms with E-state index in [0.717, 1.165) is 16.8 Å². The molecule has 2 N–H and O–H groups in total. The molecule has 0 aliphatic heterocycles. The Morgan fingerprint density at radius 2 is 1.09 bits per heavy atom. The minimum Gasteiger partial charge on any atom is -0.468 e. The maximum Gasteiger partial charge on any atom is 0.316 e. The van der Waals surface area contributed by atoms with Crippen molar-refractivity contribution in [1.82, 2.24) is 9.97 Å². The average Bonchev–Trinajstić information content (AvgIpc) is 3.99. The Hall–Kier alpha value is -6.15. The molecule has 3 atom stereocenters. The summed E-state index contributed by atoms with van der Waals surface area (Å²) >= 11 is 4.93. The summed E-state index contributed by atoms with van der Waals surface area (Å²) < 4.78 is 56.4. The van der Waals surface area contributed by atoms with Crippen molar-refractivity contribution in [3.63, 3.8) is 0 Å². The van der Waals surface area contributed by atoms with Crippen molar-refractivity contribution < 1.29 is 51.1 Å². The number of carbonyl (C=O) groups excluding carboxylic acids is 6.